The molecule has 1 aliphatic heterocycles. The number of hydrogen-bond donors (Lipinski definition) is 0. The lowest BCUT2D eigenvalue weighted by Crippen LogP contribution is -2.50. The number of halogens is 1. The number of amides is 1. The van der Waals surface area contributed by atoms with Crippen molar-refractivity contribution in [3.05, 3.63) is 51.9 Å². The molecular formula is C22H29ClN4O. The number of hydrogen-bond acceptors (Lipinski definition) is 4. The summed E-state index contributed by atoms with van der Waals surface area (Å²) in [6.45, 7) is 11.1. The van der Waals surface area contributed by atoms with Gasteiger partial charge in [-0.05, 0) is 31.0 Å². The average molecular weight is 401 g/mol. The number of carbonyl (C=O) groups excluding carboxylic acids is 1. The molecule has 150 valence electrons. The molecule has 1 aromatic carbocycles. The van der Waals surface area contributed by atoms with Crippen molar-refractivity contribution in [3.63, 3.8) is 0 Å². The summed E-state index contributed by atoms with van der Waals surface area (Å²) in [5.74, 6) is 2.08. The van der Waals surface area contributed by atoms with Crippen LogP contribution in [-0.4, -0.2) is 47.0 Å². The Morgan fingerprint density at radius 2 is 1.75 bits per heavy atom. The topological polar surface area (TPSA) is 49.3 Å². The maximum Gasteiger partial charge on any atom is 0.225 e. The fourth-order valence-electron chi connectivity index (χ4n) is 3.68. The van der Waals surface area contributed by atoms with Crippen molar-refractivity contribution in [1.82, 2.24) is 14.9 Å². The van der Waals surface area contributed by atoms with E-state index in [1.165, 1.54) is 11.1 Å². The quantitative estimate of drug-likeness (QED) is 0.763. The molecule has 3 rings (SSSR count). The van der Waals surface area contributed by atoms with Gasteiger partial charge in [0.05, 0.1) is 0 Å². The van der Waals surface area contributed by atoms with Gasteiger partial charge in [-0.1, -0.05) is 44.5 Å². The van der Waals surface area contributed by atoms with E-state index in [1.54, 1.807) is 0 Å². The number of carbonyl (C=O) groups is 1. The molecule has 2 heterocycles. The summed E-state index contributed by atoms with van der Waals surface area (Å²) in [4.78, 5) is 26.1. The fourth-order valence-corrected chi connectivity index (χ4v) is 3.81. The van der Waals surface area contributed by atoms with E-state index in [0.29, 0.717) is 0 Å². The Balaban J connectivity index is 1.87. The highest BCUT2D eigenvalue weighted by Gasteiger charge is 2.26. The second-order valence-electron chi connectivity index (χ2n) is 7.64. The largest absolute Gasteiger partial charge is 0.353 e. The summed E-state index contributed by atoms with van der Waals surface area (Å²) >= 11 is 6.04. The lowest BCUT2D eigenvalue weighted by molar-refractivity contribution is -0.134. The lowest BCUT2D eigenvalue weighted by Gasteiger charge is -2.37. The monoisotopic (exact) mass is 400 g/mol. The predicted octanol–water partition coefficient (Wildman–Crippen LogP) is 3.90. The SMILES string of the molecule is CCc1nc(C)nc(N2CCN(C(=O)C(C)C)CC2)c1Cc1ccc(Cl)cc1. The number of rotatable bonds is 5. The van der Waals surface area contributed by atoms with Crippen LogP contribution in [0.25, 0.3) is 0 Å². The van der Waals surface area contributed by atoms with Gasteiger partial charge >= 0.3 is 0 Å². The Bertz CT molecular complexity index is 827. The molecule has 1 aliphatic rings. The first-order valence-corrected chi connectivity index (χ1v) is 10.4. The molecule has 0 bridgehead atoms. The first kappa shape index (κ1) is 20.6. The summed E-state index contributed by atoms with van der Waals surface area (Å²) in [7, 11) is 0. The highest BCUT2D eigenvalue weighted by molar-refractivity contribution is 6.30. The summed E-state index contributed by atoms with van der Waals surface area (Å²) < 4.78 is 0. The van der Waals surface area contributed by atoms with E-state index in [0.717, 1.165) is 61.4 Å². The molecule has 5 nitrogen and oxygen atoms in total. The Morgan fingerprint density at radius 3 is 2.32 bits per heavy atom. The normalized spacial score (nSPS) is 14.6. The van der Waals surface area contributed by atoms with Gasteiger partial charge in [0, 0.05) is 54.8 Å². The van der Waals surface area contributed by atoms with Gasteiger partial charge in [0.1, 0.15) is 11.6 Å². The zero-order valence-electron chi connectivity index (χ0n) is 17.2. The fraction of sp³-hybridized carbons (Fsp3) is 0.500. The van der Waals surface area contributed by atoms with Crippen LogP contribution in [0.15, 0.2) is 24.3 Å². The van der Waals surface area contributed by atoms with E-state index >= 15 is 0 Å². The first-order valence-electron chi connectivity index (χ1n) is 10.0. The van der Waals surface area contributed by atoms with Crippen molar-refractivity contribution < 1.29 is 4.79 Å². The Kier molecular flexibility index (Phi) is 6.55. The Morgan fingerprint density at radius 1 is 1.11 bits per heavy atom. The van der Waals surface area contributed by atoms with Crippen molar-refractivity contribution in [3.8, 4) is 0 Å². The molecule has 0 radical (unpaired) electrons. The third kappa shape index (κ3) is 4.64. The maximum atomic E-state index is 12.3. The van der Waals surface area contributed by atoms with Gasteiger partial charge in [-0.25, -0.2) is 9.97 Å². The third-order valence-corrected chi connectivity index (χ3v) is 5.45. The van der Waals surface area contributed by atoms with E-state index in [1.807, 2.05) is 37.8 Å². The zero-order chi connectivity index (χ0) is 20.3. The standard InChI is InChI=1S/C22H29ClN4O/c1-5-20-19(14-17-6-8-18(23)9-7-17)21(25-16(4)24-20)26-10-12-27(13-11-26)22(28)15(2)3/h6-9,15H,5,10-14H2,1-4H3. The molecule has 0 spiro atoms. The summed E-state index contributed by atoms with van der Waals surface area (Å²) in [5, 5.41) is 0.741. The summed E-state index contributed by atoms with van der Waals surface area (Å²) in [5.41, 5.74) is 3.47. The van der Waals surface area contributed by atoms with Crippen LogP contribution < -0.4 is 4.90 Å². The predicted molar refractivity (Wildman–Crippen MR) is 114 cm³/mol. The van der Waals surface area contributed by atoms with Crippen LogP contribution in [0.5, 0.6) is 0 Å². The average Bonchev–Trinajstić information content (AvgIpc) is 2.70. The minimum atomic E-state index is 0.0417. The number of nitrogens with zero attached hydrogens (tertiary/aromatic N) is 4. The van der Waals surface area contributed by atoms with Gasteiger partial charge < -0.3 is 9.80 Å². The van der Waals surface area contributed by atoms with Crippen molar-refractivity contribution in [2.24, 2.45) is 5.92 Å². The van der Waals surface area contributed by atoms with Crippen molar-refractivity contribution in [2.75, 3.05) is 31.1 Å². The van der Waals surface area contributed by atoms with E-state index in [4.69, 9.17) is 21.6 Å². The van der Waals surface area contributed by atoms with Gasteiger partial charge in [0.15, 0.2) is 0 Å². The lowest BCUT2D eigenvalue weighted by atomic mass is 10.0. The van der Waals surface area contributed by atoms with Crippen LogP contribution in [0.2, 0.25) is 5.02 Å². The van der Waals surface area contributed by atoms with Crippen molar-refractivity contribution in [1.29, 1.82) is 0 Å². The molecule has 1 aromatic heterocycles. The number of benzene rings is 1. The highest BCUT2D eigenvalue weighted by atomic mass is 35.5. The minimum Gasteiger partial charge on any atom is -0.353 e. The molecule has 2 aromatic rings. The van der Waals surface area contributed by atoms with Crippen LogP contribution in [0, 0.1) is 12.8 Å². The molecule has 6 heteroatoms. The number of aromatic nitrogens is 2. The van der Waals surface area contributed by atoms with E-state index in [2.05, 4.69) is 24.0 Å². The van der Waals surface area contributed by atoms with Gasteiger partial charge in [-0.2, -0.15) is 0 Å². The first-order chi connectivity index (χ1) is 13.4. The molecule has 0 N–H and O–H groups in total. The molecule has 1 amide bonds. The second kappa shape index (κ2) is 8.91. The Hall–Kier alpha value is -2.14. The number of anilines is 1. The molecule has 0 aliphatic carbocycles. The van der Waals surface area contributed by atoms with Crippen LogP contribution in [0.1, 0.15) is 43.4 Å². The van der Waals surface area contributed by atoms with Gasteiger partial charge in [-0.15, -0.1) is 0 Å². The van der Waals surface area contributed by atoms with Crippen LogP contribution >= 0.6 is 11.6 Å². The molecule has 0 saturated carbocycles. The highest BCUT2D eigenvalue weighted by Crippen LogP contribution is 2.26. The van der Waals surface area contributed by atoms with E-state index in [9.17, 15) is 4.79 Å². The van der Waals surface area contributed by atoms with E-state index < -0.39 is 0 Å². The molecule has 1 fully saturated rings. The third-order valence-electron chi connectivity index (χ3n) is 5.20. The van der Waals surface area contributed by atoms with Crippen LogP contribution in [-0.2, 0) is 17.6 Å². The second-order valence-corrected chi connectivity index (χ2v) is 8.08. The Labute approximate surface area is 172 Å². The molecule has 0 unspecified atom stereocenters. The zero-order valence-corrected chi connectivity index (χ0v) is 18.0. The molecule has 1 saturated heterocycles. The van der Waals surface area contributed by atoms with Crippen molar-refractivity contribution >= 4 is 23.3 Å². The molecule has 0 atom stereocenters. The smallest absolute Gasteiger partial charge is 0.225 e. The van der Waals surface area contributed by atoms with Gasteiger partial charge in [-0.3, -0.25) is 4.79 Å². The van der Waals surface area contributed by atoms with E-state index in [-0.39, 0.29) is 11.8 Å². The molecule has 28 heavy (non-hydrogen) atoms. The van der Waals surface area contributed by atoms with Crippen LogP contribution in [0.4, 0.5) is 5.82 Å². The van der Waals surface area contributed by atoms with Gasteiger partial charge in [0.2, 0.25) is 5.91 Å². The van der Waals surface area contributed by atoms with Gasteiger partial charge in [0.25, 0.3) is 0 Å². The molecular weight excluding hydrogens is 372 g/mol. The summed E-state index contributed by atoms with van der Waals surface area (Å²) in [6, 6.07) is 7.97. The maximum absolute atomic E-state index is 12.3. The summed E-state index contributed by atoms with van der Waals surface area (Å²) in [6.07, 6.45) is 1.65. The van der Waals surface area contributed by atoms with Crippen molar-refractivity contribution in [2.45, 2.75) is 40.5 Å². The van der Waals surface area contributed by atoms with Crippen LogP contribution in [0.3, 0.4) is 0 Å². The minimum absolute atomic E-state index is 0.0417. The number of piperazine rings is 1. The number of aryl methyl sites for hydroxylation is 2.